The zero-order chi connectivity index (χ0) is 11.1. The summed E-state index contributed by atoms with van der Waals surface area (Å²) in [4.78, 5) is 11.6. The molecule has 0 saturated heterocycles. The Labute approximate surface area is 85.5 Å². The normalized spacial score (nSPS) is 14.6. The van der Waals surface area contributed by atoms with E-state index >= 15 is 0 Å². The maximum absolute atomic E-state index is 11.6. The Balaban J connectivity index is 4.12. The van der Waals surface area contributed by atoms with Crippen molar-refractivity contribution in [3.8, 4) is 6.07 Å². The highest BCUT2D eigenvalue weighted by atomic mass is 16.1. The van der Waals surface area contributed by atoms with Crippen LogP contribution in [0.15, 0.2) is 0 Å². The number of rotatable bonds is 5. The Bertz CT molecular complexity index is 220. The van der Waals surface area contributed by atoms with Crippen LogP contribution in [0.2, 0.25) is 0 Å². The van der Waals surface area contributed by atoms with Crippen LogP contribution in [-0.4, -0.2) is 18.5 Å². The van der Waals surface area contributed by atoms with Gasteiger partial charge in [0.25, 0.3) is 0 Å². The number of hydrogen-bond acceptors (Lipinski definition) is 3. The topological polar surface area (TPSA) is 78.9 Å². The number of carbonyl (C=O) groups excluding carboxylic acids is 1. The van der Waals surface area contributed by atoms with E-state index in [-0.39, 0.29) is 23.8 Å². The van der Waals surface area contributed by atoms with Crippen molar-refractivity contribution in [2.75, 3.05) is 6.54 Å². The van der Waals surface area contributed by atoms with Crippen LogP contribution >= 0.6 is 0 Å². The third-order valence-corrected chi connectivity index (χ3v) is 2.18. The second kappa shape index (κ2) is 6.39. The lowest BCUT2D eigenvalue weighted by molar-refractivity contribution is -0.126. The minimum Gasteiger partial charge on any atom is -0.352 e. The lowest BCUT2D eigenvalue weighted by Crippen LogP contribution is -2.41. The highest BCUT2D eigenvalue weighted by Gasteiger charge is 2.21. The van der Waals surface area contributed by atoms with Crippen LogP contribution in [0, 0.1) is 23.2 Å². The summed E-state index contributed by atoms with van der Waals surface area (Å²) in [5.41, 5.74) is 5.50. The molecule has 0 rings (SSSR count). The van der Waals surface area contributed by atoms with Crippen molar-refractivity contribution in [1.82, 2.24) is 5.32 Å². The number of amides is 1. The molecule has 0 aliphatic heterocycles. The maximum Gasteiger partial charge on any atom is 0.224 e. The Morgan fingerprint density at radius 1 is 1.50 bits per heavy atom. The van der Waals surface area contributed by atoms with Gasteiger partial charge in [-0.05, 0) is 12.8 Å². The van der Waals surface area contributed by atoms with Crippen molar-refractivity contribution < 1.29 is 4.79 Å². The summed E-state index contributed by atoms with van der Waals surface area (Å²) in [5.74, 6) is 0.0238. The van der Waals surface area contributed by atoms with E-state index in [0.29, 0.717) is 13.0 Å². The summed E-state index contributed by atoms with van der Waals surface area (Å²) in [5, 5.41) is 11.2. The first kappa shape index (κ1) is 12.9. The monoisotopic (exact) mass is 197 g/mol. The van der Waals surface area contributed by atoms with Crippen molar-refractivity contribution in [2.45, 2.75) is 33.2 Å². The van der Waals surface area contributed by atoms with E-state index < -0.39 is 0 Å². The van der Waals surface area contributed by atoms with E-state index in [1.165, 1.54) is 0 Å². The molecule has 1 amide bonds. The third-order valence-electron chi connectivity index (χ3n) is 2.18. The summed E-state index contributed by atoms with van der Waals surface area (Å²) in [7, 11) is 0. The van der Waals surface area contributed by atoms with Crippen LogP contribution in [0.1, 0.15) is 27.2 Å². The van der Waals surface area contributed by atoms with Crippen molar-refractivity contribution >= 4 is 5.91 Å². The Kier molecular flexibility index (Phi) is 5.89. The molecule has 2 unspecified atom stereocenters. The second-order valence-electron chi connectivity index (χ2n) is 3.86. The van der Waals surface area contributed by atoms with Crippen LogP contribution in [0.3, 0.4) is 0 Å². The van der Waals surface area contributed by atoms with Crippen LogP contribution in [-0.2, 0) is 4.79 Å². The highest BCUT2D eigenvalue weighted by Crippen LogP contribution is 2.09. The van der Waals surface area contributed by atoms with Crippen molar-refractivity contribution in [3.63, 3.8) is 0 Å². The van der Waals surface area contributed by atoms with Crippen LogP contribution in [0.25, 0.3) is 0 Å². The molecule has 3 N–H and O–H groups in total. The predicted molar refractivity (Wildman–Crippen MR) is 55.2 cm³/mol. The molecule has 0 aromatic heterocycles. The fraction of sp³-hybridized carbons (Fsp3) is 0.800. The SMILES string of the molecule is CC(CC#N)NC(=O)C(CN)C(C)C. The molecular formula is C10H19N3O. The molecule has 0 heterocycles. The zero-order valence-electron chi connectivity index (χ0n) is 9.08. The van der Waals surface area contributed by atoms with E-state index in [4.69, 9.17) is 11.0 Å². The van der Waals surface area contributed by atoms with E-state index in [1.54, 1.807) is 0 Å². The first-order valence-corrected chi connectivity index (χ1v) is 4.90. The summed E-state index contributed by atoms with van der Waals surface area (Å²) in [6.45, 7) is 6.09. The van der Waals surface area contributed by atoms with Gasteiger partial charge in [0, 0.05) is 12.6 Å². The predicted octanol–water partition coefficient (Wildman–Crippen LogP) is 0.636. The second-order valence-corrected chi connectivity index (χ2v) is 3.86. The van der Waals surface area contributed by atoms with E-state index in [1.807, 2.05) is 26.8 Å². The summed E-state index contributed by atoms with van der Waals surface area (Å²) < 4.78 is 0. The van der Waals surface area contributed by atoms with Gasteiger partial charge in [-0.15, -0.1) is 0 Å². The Morgan fingerprint density at radius 2 is 2.07 bits per heavy atom. The Morgan fingerprint density at radius 3 is 2.43 bits per heavy atom. The van der Waals surface area contributed by atoms with Gasteiger partial charge in [0.05, 0.1) is 18.4 Å². The lowest BCUT2D eigenvalue weighted by Gasteiger charge is -2.20. The number of nitrogens with zero attached hydrogens (tertiary/aromatic N) is 1. The molecule has 14 heavy (non-hydrogen) atoms. The van der Waals surface area contributed by atoms with Gasteiger partial charge in [0.1, 0.15) is 0 Å². The molecule has 0 fully saturated rings. The van der Waals surface area contributed by atoms with Gasteiger partial charge in [-0.3, -0.25) is 4.79 Å². The van der Waals surface area contributed by atoms with Crippen molar-refractivity contribution in [2.24, 2.45) is 17.6 Å². The Hall–Kier alpha value is -1.08. The fourth-order valence-corrected chi connectivity index (χ4v) is 1.22. The molecule has 0 aromatic carbocycles. The molecule has 2 atom stereocenters. The van der Waals surface area contributed by atoms with E-state index in [0.717, 1.165) is 0 Å². The number of carbonyl (C=O) groups is 1. The van der Waals surface area contributed by atoms with Gasteiger partial charge < -0.3 is 11.1 Å². The first-order valence-electron chi connectivity index (χ1n) is 4.90. The number of nitrogens with one attached hydrogen (secondary N) is 1. The largest absolute Gasteiger partial charge is 0.352 e. The van der Waals surface area contributed by atoms with Gasteiger partial charge in [0.2, 0.25) is 5.91 Å². The molecule has 80 valence electrons. The smallest absolute Gasteiger partial charge is 0.224 e. The zero-order valence-corrected chi connectivity index (χ0v) is 9.08. The molecule has 0 radical (unpaired) electrons. The van der Waals surface area contributed by atoms with E-state index in [9.17, 15) is 4.79 Å². The summed E-state index contributed by atoms with van der Waals surface area (Å²) >= 11 is 0. The van der Waals surface area contributed by atoms with Gasteiger partial charge in [-0.25, -0.2) is 0 Å². The molecule has 0 saturated carbocycles. The molecule has 0 aromatic rings. The minimum atomic E-state index is -0.156. The minimum absolute atomic E-state index is 0.0507. The summed E-state index contributed by atoms with van der Waals surface area (Å²) in [6.07, 6.45) is 0.334. The molecule has 0 aliphatic carbocycles. The molecular weight excluding hydrogens is 178 g/mol. The van der Waals surface area contributed by atoms with Gasteiger partial charge in [0.15, 0.2) is 0 Å². The molecule has 0 bridgehead atoms. The van der Waals surface area contributed by atoms with Crippen molar-refractivity contribution in [3.05, 3.63) is 0 Å². The third kappa shape index (κ3) is 4.24. The first-order chi connectivity index (χ1) is 6.52. The standard InChI is InChI=1S/C10H19N3O/c1-7(2)9(6-12)10(14)13-8(3)4-5-11/h7-9H,4,6,12H2,1-3H3,(H,13,14). The molecule has 0 spiro atoms. The average molecular weight is 197 g/mol. The van der Waals surface area contributed by atoms with Gasteiger partial charge in [-0.2, -0.15) is 5.26 Å². The van der Waals surface area contributed by atoms with Crippen LogP contribution in [0.5, 0.6) is 0 Å². The summed E-state index contributed by atoms with van der Waals surface area (Å²) in [6, 6.07) is 1.92. The number of hydrogen-bond donors (Lipinski definition) is 2. The van der Waals surface area contributed by atoms with Crippen LogP contribution in [0.4, 0.5) is 0 Å². The average Bonchev–Trinajstić information content (AvgIpc) is 2.04. The molecule has 4 nitrogen and oxygen atoms in total. The van der Waals surface area contributed by atoms with Crippen LogP contribution < -0.4 is 11.1 Å². The fourth-order valence-electron chi connectivity index (χ4n) is 1.22. The highest BCUT2D eigenvalue weighted by molar-refractivity contribution is 5.79. The lowest BCUT2D eigenvalue weighted by atomic mass is 9.95. The van der Waals surface area contributed by atoms with Gasteiger partial charge >= 0.3 is 0 Å². The maximum atomic E-state index is 11.6. The van der Waals surface area contributed by atoms with Gasteiger partial charge in [-0.1, -0.05) is 13.8 Å². The molecule has 0 aliphatic rings. The number of nitrogens with two attached hydrogens (primary N) is 1. The van der Waals surface area contributed by atoms with E-state index in [2.05, 4.69) is 5.32 Å². The van der Waals surface area contributed by atoms with Crippen molar-refractivity contribution in [1.29, 1.82) is 5.26 Å². The number of nitriles is 1. The molecule has 4 heteroatoms. The quantitative estimate of drug-likeness (QED) is 0.678.